The van der Waals surface area contributed by atoms with Gasteiger partial charge in [0.1, 0.15) is 0 Å². The number of benzene rings is 2. The molecular formula is C18H24N4O. The first-order chi connectivity index (χ1) is 11.0. The average molecular weight is 312 g/mol. The molecule has 0 amide bonds. The van der Waals surface area contributed by atoms with Crippen LogP contribution in [-0.4, -0.2) is 6.10 Å². The van der Waals surface area contributed by atoms with Gasteiger partial charge >= 0.3 is 0 Å². The average Bonchev–Trinajstić information content (AvgIpc) is 2.52. The van der Waals surface area contributed by atoms with E-state index in [0.29, 0.717) is 12.3 Å². The molecule has 5 nitrogen and oxygen atoms in total. The van der Waals surface area contributed by atoms with Gasteiger partial charge in [-0.25, -0.2) is 0 Å². The molecule has 0 unspecified atom stereocenters. The lowest BCUT2D eigenvalue weighted by Gasteiger charge is -2.10. The Morgan fingerprint density at radius 1 is 0.913 bits per heavy atom. The van der Waals surface area contributed by atoms with Crippen molar-refractivity contribution in [3.8, 4) is 0 Å². The van der Waals surface area contributed by atoms with Gasteiger partial charge in [-0.2, -0.15) is 10.2 Å². The van der Waals surface area contributed by atoms with E-state index in [-0.39, 0.29) is 6.10 Å². The minimum atomic E-state index is 0.144. The summed E-state index contributed by atoms with van der Waals surface area (Å²) in [5, 5.41) is 8.76. The van der Waals surface area contributed by atoms with Crippen molar-refractivity contribution >= 4 is 22.7 Å². The molecule has 2 rings (SSSR count). The Hall–Kier alpha value is -2.40. The minimum Gasteiger partial charge on any atom is -0.399 e. The van der Waals surface area contributed by atoms with Gasteiger partial charge in [0, 0.05) is 16.9 Å². The van der Waals surface area contributed by atoms with Gasteiger partial charge < -0.3 is 16.2 Å². The molecule has 0 aliphatic rings. The van der Waals surface area contributed by atoms with E-state index in [2.05, 4.69) is 17.2 Å². The number of aryl methyl sites for hydroxylation is 1. The summed E-state index contributed by atoms with van der Waals surface area (Å²) in [6.45, 7) is 6.52. The minimum absolute atomic E-state index is 0.144. The number of nitrogen functional groups attached to an aromatic ring is 2. The Morgan fingerprint density at radius 2 is 1.43 bits per heavy atom. The van der Waals surface area contributed by atoms with Crippen LogP contribution in [0.4, 0.5) is 22.7 Å². The van der Waals surface area contributed by atoms with Gasteiger partial charge in [-0.3, -0.25) is 0 Å². The zero-order valence-corrected chi connectivity index (χ0v) is 13.9. The van der Waals surface area contributed by atoms with Crippen LogP contribution in [0.3, 0.4) is 0 Å². The molecule has 2 aromatic carbocycles. The van der Waals surface area contributed by atoms with Gasteiger partial charge in [-0.15, -0.1) is 0 Å². The van der Waals surface area contributed by atoms with E-state index in [1.54, 1.807) is 0 Å². The van der Waals surface area contributed by atoms with Crippen LogP contribution in [0.25, 0.3) is 0 Å². The maximum Gasteiger partial charge on any atom is 0.0913 e. The number of hydrogen-bond acceptors (Lipinski definition) is 5. The highest BCUT2D eigenvalue weighted by Crippen LogP contribution is 2.28. The van der Waals surface area contributed by atoms with Crippen molar-refractivity contribution in [3.63, 3.8) is 0 Å². The lowest BCUT2D eigenvalue weighted by molar-refractivity contribution is 0.0660. The van der Waals surface area contributed by atoms with Crippen molar-refractivity contribution < 1.29 is 4.74 Å². The highest BCUT2D eigenvalue weighted by Gasteiger charge is 2.06. The smallest absolute Gasteiger partial charge is 0.0913 e. The highest BCUT2D eigenvalue weighted by molar-refractivity contribution is 5.57. The van der Waals surface area contributed by atoms with E-state index in [9.17, 15) is 0 Å². The normalized spacial score (nSPS) is 11.5. The maximum atomic E-state index is 5.86. The molecule has 0 spiro atoms. The number of nitrogens with two attached hydrogens (primary N) is 2. The van der Waals surface area contributed by atoms with Crippen LogP contribution in [0.15, 0.2) is 46.6 Å². The molecule has 23 heavy (non-hydrogen) atoms. The van der Waals surface area contributed by atoms with Crippen LogP contribution in [0.5, 0.6) is 0 Å². The Balaban J connectivity index is 2.28. The highest BCUT2D eigenvalue weighted by atomic mass is 16.5. The molecule has 2 aromatic rings. The van der Waals surface area contributed by atoms with Crippen molar-refractivity contribution in [2.24, 2.45) is 10.2 Å². The van der Waals surface area contributed by atoms with Gasteiger partial charge in [0.25, 0.3) is 0 Å². The third-order valence-electron chi connectivity index (χ3n) is 3.43. The standard InChI is InChI=1S/C18H24N4O/c1-4-13-9-15(19)5-7-17(13)21-22-18-8-6-16(20)10-14(18)11-23-12(2)3/h5-10,12H,4,11,19-20H2,1-3H3. The summed E-state index contributed by atoms with van der Waals surface area (Å²) in [4.78, 5) is 0. The summed E-state index contributed by atoms with van der Waals surface area (Å²) in [6, 6.07) is 11.2. The van der Waals surface area contributed by atoms with Gasteiger partial charge in [-0.1, -0.05) is 6.92 Å². The zero-order chi connectivity index (χ0) is 16.8. The Labute approximate surface area is 137 Å². The van der Waals surface area contributed by atoms with E-state index in [1.165, 1.54) is 0 Å². The molecule has 0 saturated carbocycles. The number of azo groups is 1. The lowest BCUT2D eigenvalue weighted by Crippen LogP contribution is -2.02. The first-order valence-corrected chi connectivity index (χ1v) is 7.79. The number of anilines is 2. The molecular weight excluding hydrogens is 288 g/mol. The molecule has 5 heteroatoms. The molecule has 0 aliphatic carbocycles. The van der Waals surface area contributed by atoms with Crippen molar-refractivity contribution in [2.75, 3.05) is 11.5 Å². The van der Waals surface area contributed by atoms with Crippen molar-refractivity contribution in [1.29, 1.82) is 0 Å². The Bertz CT molecular complexity index is 695. The van der Waals surface area contributed by atoms with E-state index >= 15 is 0 Å². The number of hydrogen-bond donors (Lipinski definition) is 2. The number of nitrogens with zero attached hydrogens (tertiary/aromatic N) is 2. The van der Waals surface area contributed by atoms with Crippen LogP contribution >= 0.6 is 0 Å². The maximum absolute atomic E-state index is 5.86. The predicted molar refractivity (Wildman–Crippen MR) is 95.2 cm³/mol. The molecule has 0 saturated heterocycles. The van der Waals surface area contributed by atoms with Crippen molar-refractivity contribution in [3.05, 3.63) is 47.5 Å². The molecule has 4 N–H and O–H groups in total. The topological polar surface area (TPSA) is 86.0 Å². The fraction of sp³-hybridized carbons (Fsp3) is 0.333. The third-order valence-corrected chi connectivity index (χ3v) is 3.43. The van der Waals surface area contributed by atoms with Crippen LogP contribution in [0.2, 0.25) is 0 Å². The molecule has 0 aromatic heterocycles. The summed E-state index contributed by atoms with van der Waals surface area (Å²) in [7, 11) is 0. The molecule has 0 fully saturated rings. The molecule has 0 aliphatic heterocycles. The first-order valence-electron chi connectivity index (χ1n) is 7.79. The Morgan fingerprint density at radius 3 is 1.96 bits per heavy atom. The second-order valence-electron chi connectivity index (χ2n) is 5.69. The summed E-state index contributed by atoms with van der Waals surface area (Å²) in [5.41, 5.74) is 16.7. The summed E-state index contributed by atoms with van der Waals surface area (Å²) < 4.78 is 5.66. The van der Waals surface area contributed by atoms with E-state index in [0.717, 1.165) is 34.6 Å². The summed E-state index contributed by atoms with van der Waals surface area (Å²) in [5.74, 6) is 0. The second kappa shape index (κ2) is 7.74. The van der Waals surface area contributed by atoms with Gasteiger partial charge in [0.05, 0.1) is 24.1 Å². The fourth-order valence-electron chi connectivity index (χ4n) is 2.17. The van der Waals surface area contributed by atoms with E-state index in [4.69, 9.17) is 16.2 Å². The Kier molecular flexibility index (Phi) is 5.71. The molecule has 122 valence electrons. The number of rotatable bonds is 6. The van der Waals surface area contributed by atoms with Gasteiger partial charge in [-0.05, 0) is 62.2 Å². The van der Waals surface area contributed by atoms with Crippen LogP contribution in [0.1, 0.15) is 31.9 Å². The zero-order valence-electron chi connectivity index (χ0n) is 13.9. The summed E-state index contributed by atoms with van der Waals surface area (Å²) >= 11 is 0. The van der Waals surface area contributed by atoms with Crippen LogP contribution in [0, 0.1) is 0 Å². The molecule has 0 atom stereocenters. The number of ether oxygens (including phenoxy) is 1. The summed E-state index contributed by atoms with van der Waals surface area (Å²) in [6.07, 6.45) is 0.995. The quantitative estimate of drug-likeness (QED) is 0.596. The SMILES string of the molecule is CCc1cc(N)ccc1N=Nc1ccc(N)cc1COC(C)C. The third kappa shape index (κ3) is 4.79. The van der Waals surface area contributed by atoms with Gasteiger partial charge in [0.2, 0.25) is 0 Å². The monoisotopic (exact) mass is 312 g/mol. The molecule has 0 bridgehead atoms. The molecule has 0 heterocycles. The fourth-order valence-corrected chi connectivity index (χ4v) is 2.17. The van der Waals surface area contributed by atoms with Gasteiger partial charge in [0.15, 0.2) is 0 Å². The van der Waals surface area contributed by atoms with Crippen molar-refractivity contribution in [2.45, 2.75) is 39.9 Å². The van der Waals surface area contributed by atoms with Crippen LogP contribution < -0.4 is 11.5 Å². The van der Waals surface area contributed by atoms with Crippen LogP contribution in [-0.2, 0) is 17.8 Å². The van der Waals surface area contributed by atoms with E-state index in [1.807, 2.05) is 50.2 Å². The second-order valence-corrected chi connectivity index (χ2v) is 5.69. The largest absolute Gasteiger partial charge is 0.399 e. The van der Waals surface area contributed by atoms with Crippen molar-refractivity contribution in [1.82, 2.24) is 0 Å². The first kappa shape index (κ1) is 17.0. The predicted octanol–water partition coefficient (Wildman–Crippen LogP) is 4.75. The van der Waals surface area contributed by atoms with E-state index < -0.39 is 0 Å². The molecule has 0 radical (unpaired) electrons. The lowest BCUT2D eigenvalue weighted by atomic mass is 10.1.